The van der Waals surface area contributed by atoms with E-state index in [1.54, 1.807) is 30.3 Å². The van der Waals surface area contributed by atoms with Crippen LogP contribution in [0, 0.1) is 10.1 Å². The molecule has 3 heterocycles. The van der Waals surface area contributed by atoms with Gasteiger partial charge in [-0.05, 0) is 41.6 Å². The van der Waals surface area contributed by atoms with Gasteiger partial charge in [0.1, 0.15) is 11.5 Å². The Morgan fingerprint density at radius 3 is 2.44 bits per heavy atom. The summed E-state index contributed by atoms with van der Waals surface area (Å²) in [6.45, 7) is 4.40. The number of rotatable bonds is 5. The molecule has 2 aromatic carbocycles. The summed E-state index contributed by atoms with van der Waals surface area (Å²) in [5.74, 6) is 0.848. The van der Waals surface area contributed by atoms with Crippen molar-refractivity contribution in [3.05, 3.63) is 93.1 Å². The van der Waals surface area contributed by atoms with E-state index in [-0.39, 0.29) is 11.6 Å². The Balaban J connectivity index is 1.19. The summed E-state index contributed by atoms with van der Waals surface area (Å²) in [4.78, 5) is 32.2. The topological polar surface area (TPSA) is 92.2 Å². The van der Waals surface area contributed by atoms with Crippen molar-refractivity contribution in [3.8, 4) is 11.3 Å². The summed E-state index contributed by atoms with van der Waals surface area (Å²) >= 11 is 1.37. The molecule has 1 saturated heterocycles. The normalized spacial score (nSPS) is 17.9. The molecule has 9 heteroatoms. The highest BCUT2D eigenvalue weighted by atomic mass is 32.2. The lowest BCUT2D eigenvalue weighted by Crippen LogP contribution is -2.47. The molecule has 5 rings (SSSR count). The molecule has 0 saturated carbocycles. The number of piperazine rings is 1. The number of nitrogens with zero attached hydrogens (tertiary/aromatic N) is 4. The first-order chi connectivity index (χ1) is 16.5. The van der Waals surface area contributed by atoms with Crippen LogP contribution in [0.4, 0.5) is 5.69 Å². The summed E-state index contributed by atoms with van der Waals surface area (Å²) < 4.78 is 5.85. The van der Waals surface area contributed by atoms with Gasteiger partial charge in [-0.15, -0.1) is 0 Å². The van der Waals surface area contributed by atoms with Crippen LogP contribution in [0.25, 0.3) is 17.4 Å². The summed E-state index contributed by atoms with van der Waals surface area (Å²) in [6.07, 6.45) is 1.70. The minimum atomic E-state index is -0.439. The molecule has 0 N–H and O–H groups in total. The van der Waals surface area contributed by atoms with E-state index in [0.29, 0.717) is 16.4 Å². The second-order valence-electron chi connectivity index (χ2n) is 8.06. The Kier molecular flexibility index (Phi) is 6.29. The molecule has 0 radical (unpaired) electrons. The van der Waals surface area contributed by atoms with Gasteiger partial charge in [-0.3, -0.25) is 19.8 Å². The van der Waals surface area contributed by atoms with Crippen molar-refractivity contribution < 1.29 is 14.1 Å². The van der Waals surface area contributed by atoms with E-state index in [4.69, 9.17) is 4.42 Å². The Morgan fingerprint density at radius 2 is 1.74 bits per heavy atom. The van der Waals surface area contributed by atoms with Crippen LogP contribution in [-0.4, -0.2) is 52.0 Å². The second kappa shape index (κ2) is 9.66. The maximum Gasteiger partial charge on any atom is 0.286 e. The fourth-order valence-electron chi connectivity index (χ4n) is 3.93. The van der Waals surface area contributed by atoms with E-state index < -0.39 is 4.92 Å². The van der Waals surface area contributed by atoms with E-state index in [0.717, 1.165) is 43.5 Å². The van der Waals surface area contributed by atoms with Gasteiger partial charge in [0.15, 0.2) is 5.17 Å². The van der Waals surface area contributed by atoms with Crippen molar-refractivity contribution in [3.63, 3.8) is 0 Å². The minimum absolute atomic E-state index is 0.0242. The van der Waals surface area contributed by atoms with Crippen LogP contribution in [0.2, 0.25) is 0 Å². The molecule has 0 bridgehead atoms. The van der Waals surface area contributed by atoms with Crippen molar-refractivity contribution in [1.29, 1.82) is 0 Å². The zero-order valence-corrected chi connectivity index (χ0v) is 19.1. The number of aliphatic imine (C=N–C) groups is 1. The lowest BCUT2D eigenvalue weighted by molar-refractivity contribution is -0.384. The highest BCUT2D eigenvalue weighted by Crippen LogP contribution is 2.32. The van der Waals surface area contributed by atoms with Gasteiger partial charge in [0, 0.05) is 56.5 Å². The first-order valence-electron chi connectivity index (χ1n) is 10.9. The van der Waals surface area contributed by atoms with Crippen LogP contribution < -0.4 is 0 Å². The standard InChI is InChI=1S/C25H22N4O4S/c30-24-23(16-21-10-11-22(33-21)19-6-8-20(9-7-19)29(31)32)34-25(26-24)28-14-12-27(13-15-28)17-18-4-2-1-3-5-18/h1-11,16H,12-15,17H2. The van der Waals surface area contributed by atoms with Crippen LogP contribution in [0.1, 0.15) is 11.3 Å². The predicted molar refractivity (Wildman–Crippen MR) is 132 cm³/mol. The van der Waals surface area contributed by atoms with E-state index in [1.807, 2.05) is 6.07 Å². The monoisotopic (exact) mass is 474 g/mol. The van der Waals surface area contributed by atoms with Gasteiger partial charge in [-0.2, -0.15) is 4.99 Å². The number of non-ortho nitro benzene ring substituents is 1. The Bertz CT molecular complexity index is 1260. The van der Waals surface area contributed by atoms with Crippen LogP contribution >= 0.6 is 11.8 Å². The second-order valence-corrected chi connectivity index (χ2v) is 9.07. The first-order valence-corrected chi connectivity index (χ1v) is 11.8. The average Bonchev–Trinajstić information content (AvgIpc) is 3.47. The number of hydrogen-bond donors (Lipinski definition) is 0. The van der Waals surface area contributed by atoms with Gasteiger partial charge in [-0.25, -0.2) is 0 Å². The molecule has 8 nitrogen and oxygen atoms in total. The van der Waals surface area contributed by atoms with Crippen molar-refractivity contribution >= 4 is 34.6 Å². The van der Waals surface area contributed by atoms with Gasteiger partial charge in [0.2, 0.25) is 0 Å². The molecule has 1 aromatic heterocycles. The van der Waals surface area contributed by atoms with Gasteiger partial charge in [-0.1, -0.05) is 30.3 Å². The van der Waals surface area contributed by atoms with Crippen molar-refractivity contribution in [2.75, 3.05) is 26.2 Å². The maximum absolute atomic E-state index is 12.5. The smallest absolute Gasteiger partial charge is 0.286 e. The quantitative estimate of drug-likeness (QED) is 0.302. The molecule has 0 spiro atoms. The van der Waals surface area contributed by atoms with Gasteiger partial charge < -0.3 is 9.32 Å². The summed E-state index contributed by atoms with van der Waals surface area (Å²) in [6, 6.07) is 20.1. The highest BCUT2D eigenvalue weighted by molar-refractivity contribution is 8.18. The minimum Gasteiger partial charge on any atom is -0.457 e. The molecule has 1 amide bonds. The maximum atomic E-state index is 12.5. The number of amidine groups is 1. The fourth-order valence-corrected chi connectivity index (χ4v) is 4.88. The zero-order chi connectivity index (χ0) is 23.5. The van der Waals surface area contributed by atoms with Gasteiger partial charge >= 0.3 is 0 Å². The molecule has 0 unspecified atom stereocenters. The highest BCUT2D eigenvalue weighted by Gasteiger charge is 2.28. The zero-order valence-electron chi connectivity index (χ0n) is 18.3. The summed E-state index contributed by atoms with van der Waals surface area (Å²) in [5.41, 5.74) is 2.05. The van der Waals surface area contributed by atoms with Crippen LogP contribution in [0.3, 0.4) is 0 Å². The third-order valence-corrected chi connectivity index (χ3v) is 6.81. The number of hydrogen-bond acceptors (Lipinski definition) is 7. The average molecular weight is 475 g/mol. The van der Waals surface area contributed by atoms with Crippen LogP contribution in [-0.2, 0) is 11.3 Å². The molecule has 1 fully saturated rings. The number of amides is 1. The predicted octanol–water partition coefficient (Wildman–Crippen LogP) is 4.64. The van der Waals surface area contributed by atoms with Crippen LogP contribution in [0.15, 0.2) is 81.0 Å². The van der Waals surface area contributed by atoms with Gasteiger partial charge in [0.25, 0.3) is 11.6 Å². The number of nitro benzene ring substituents is 1. The number of nitro groups is 1. The summed E-state index contributed by atoms with van der Waals surface area (Å²) in [5, 5.41) is 11.6. The first kappa shape index (κ1) is 22.1. The molecule has 3 aromatic rings. The number of carbonyl (C=O) groups is 1. The Labute approximate surface area is 200 Å². The third-order valence-electron chi connectivity index (χ3n) is 5.76. The molecule has 2 aliphatic heterocycles. The molecule has 0 aliphatic carbocycles. The fraction of sp³-hybridized carbons (Fsp3) is 0.200. The largest absolute Gasteiger partial charge is 0.457 e. The van der Waals surface area contributed by atoms with E-state index in [9.17, 15) is 14.9 Å². The molecular formula is C25H22N4O4S. The van der Waals surface area contributed by atoms with Crippen LogP contribution in [0.5, 0.6) is 0 Å². The molecule has 34 heavy (non-hydrogen) atoms. The Hall–Kier alpha value is -3.69. The van der Waals surface area contributed by atoms with E-state index in [2.05, 4.69) is 39.1 Å². The number of thioether (sulfide) groups is 1. The number of furan rings is 1. The van der Waals surface area contributed by atoms with Crippen molar-refractivity contribution in [2.45, 2.75) is 6.54 Å². The SMILES string of the molecule is O=C1N=C(N2CCN(Cc3ccccc3)CC2)SC1=Cc1ccc(-c2ccc([N+](=O)[O-])cc2)o1. The number of benzene rings is 2. The van der Waals surface area contributed by atoms with E-state index >= 15 is 0 Å². The van der Waals surface area contributed by atoms with Gasteiger partial charge in [0.05, 0.1) is 9.83 Å². The lowest BCUT2D eigenvalue weighted by atomic mass is 10.1. The molecule has 0 atom stereocenters. The lowest BCUT2D eigenvalue weighted by Gasteiger charge is -2.35. The van der Waals surface area contributed by atoms with E-state index in [1.165, 1.54) is 29.5 Å². The number of carbonyl (C=O) groups excluding carboxylic acids is 1. The van der Waals surface area contributed by atoms with Crippen molar-refractivity contribution in [1.82, 2.24) is 9.80 Å². The Morgan fingerprint density at radius 1 is 1.00 bits per heavy atom. The summed E-state index contributed by atoms with van der Waals surface area (Å²) in [7, 11) is 0. The third kappa shape index (κ3) is 4.95. The molecule has 2 aliphatic rings. The van der Waals surface area contributed by atoms with Crippen molar-refractivity contribution in [2.24, 2.45) is 4.99 Å². The molecule has 172 valence electrons. The molecular weight excluding hydrogens is 452 g/mol.